The van der Waals surface area contributed by atoms with Crippen LogP contribution in [0.2, 0.25) is 0 Å². The molecule has 1 fully saturated rings. The summed E-state index contributed by atoms with van der Waals surface area (Å²) in [6, 6.07) is 9.07. The molecular formula is C17H23N3O4. The lowest BCUT2D eigenvalue weighted by atomic mass is 9.97. The van der Waals surface area contributed by atoms with Crippen molar-refractivity contribution in [2.24, 2.45) is 5.92 Å². The van der Waals surface area contributed by atoms with Gasteiger partial charge in [0.05, 0.1) is 5.92 Å². The number of hydrogen-bond donors (Lipinski definition) is 1. The monoisotopic (exact) mass is 333 g/mol. The Morgan fingerprint density at radius 3 is 2.38 bits per heavy atom. The third-order valence-corrected chi connectivity index (χ3v) is 3.98. The van der Waals surface area contributed by atoms with Crippen molar-refractivity contribution in [3.63, 3.8) is 0 Å². The van der Waals surface area contributed by atoms with Crippen LogP contribution in [0.25, 0.3) is 0 Å². The minimum absolute atomic E-state index is 0.171. The van der Waals surface area contributed by atoms with Crippen LogP contribution in [-0.2, 0) is 14.3 Å². The third kappa shape index (κ3) is 4.97. The topological polar surface area (TPSA) is 79.0 Å². The minimum Gasteiger partial charge on any atom is -0.455 e. The molecule has 7 nitrogen and oxygen atoms in total. The van der Waals surface area contributed by atoms with Gasteiger partial charge in [-0.1, -0.05) is 18.2 Å². The predicted molar refractivity (Wildman–Crippen MR) is 89.4 cm³/mol. The minimum atomic E-state index is -0.367. The first-order chi connectivity index (χ1) is 11.5. The maximum Gasteiger partial charge on any atom is 0.321 e. The van der Waals surface area contributed by atoms with Crippen molar-refractivity contribution in [2.75, 3.05) is 39.1 Å². The highest BCUT2D eigenvalue weighted by molar-refractivity contribution is 5.89. The number of benzene rings is 1. The van der Waals surface area contributed by atoms with E-state index in [0.29, 0.717) is 25.9 Å². The summed E-state index contributed by atoms with van der Waals surface area (Å²) in [6.45, 7) is 0.737. The number of hydrogen-bond acceptors (Lipinski definition) is 4. The molecule has 2 rings (SSSR count). The molecular weight excluding hydrogens is 310 g/mol. The SMILES string of the molecule is CN(C)C(=O)COC(=O)C1CCN(C(=O)Nc2ccccc2)CC1. The zero-order valence-corrected chi connectivity index (χ0v) is 14.0. The van der Waals surface area contributed by atoms with E-state index in [1.54, 1.807) is 19.0 Å². The average Bonchev–Trinajstić information content (AvgIpc) is 2.60. The first kappa shape index (κ1) is 17.8. The fourth-order valence-electron chi connectivity index (χ4n) is 2.42. The number of rotatable bonds is 4. The summed E-state index contributed by atoms with van der Waals surface area (Å²) >= 11 is 0. The second kappa shape index (κ2) is 8.33. The fourth-order valence-corrected chi connectivity index (χ4v) is 2.42. The van der Waals surface area contributed by atoms with Gasteiger partial charge in [-0.05, 0) is 25.0 Å². The van der Waals surface area contributed by atoms with Gasteiger partial charge in [0.2, 0.25) is 0 Å². The van der Waals surface area contributed by atoms with E-state index in [0.717, 1.165) is 5.69 Å². The van der Waals surface area contributed by atoms with Crippen molar-refractivity contribution in [3.05, 3.63) is 30.3 Å². The summed E-state index contributed by atoms with van der Waals surface area (Å²) in [5, 5.41) is 2.83. The van der Waals surface area contributed by atoms with Crippen molar-refractivity contribution in [1.82, 2.24) is 9.80 Å². The van der Waals surface area contributed by atoms with Crippen LogP contribution < -0.4 is 5.32 Å². The van der Waals surface area contributed by atoms with Crippen LogP contribution in [-0.4, -0.2) is 61.5 Å². The zero-order chi connectivity index (χ0) is 17.5. The fraction of sp³-hybridized carbons (Fsp3) is 0.471. The highest BCUT2D eigenvalue weighted by Crippen LogP contribution is 2.19. The third-order valence-electron chi connectivity index (χ3n) is 3.98. The molecule has 1 aliphatic rings. The molecule has 24 heavy (non-hydrogen) atoms. The van der Waals surface area contributed by atoms with Crippen molar-refractivity contribution in [1.29, 1.82) is 0 Å². The van der Waals surface area contributed by atoms with Crippen LogP contribution in [0.1, 0.15) is 12.8 Å². The molecule has 7 heteroatoms. The lowest BCUT2D eigenvalue weighted by Gasteiger charge is -2.31. The number of ether oxygens (including phenoxy) is 1. The first-order valence-corrected chi connectivity index (χ1v) is 7.95. The number of nitrogens with zero attached hydrogens (tertiary/aromatic N) is 2. The number of para-hydroxylation sites is 1. The largest absolute Gasteiger partial charge is 0.455 e. The average molecular weight is 333 g/mol. The predicted octanol–water partition coefficient (Wildman–Crippen LogP) is 1.56. The van der Waals surface area contributed by atoms with E-state index in [9.17, 15) is 14.4 Å². The molecule has 0 atom stereocenters. The molecule has 0 aliphatic carbocycles. The van der Waals surface area contributed by atoms with Crippen molar-refractivity contribution >= 4 is 23.6 Å². The molecule has 0 radical (unpaired) electrons. The van der Waals surface area contributed by atoms with E-state index in [-0.39, 0.29) is 30.4 Å². The van der Waals surface area contributed by atoms with E-state index in [4.69, 9.17) is 4.74 Å². The molecule has 0 spiro atoms. The zero-order valence-electron chi connectivity index (χ0n) is 14.0. The summed E-state index contributed by atoms with van der Waals surface area (Å²) < 4.78 is 5.05. The lowest BCUT2D eigenvalue weighted by Crippen LogP contribution is -2.43. The number of carbonyl (C=O) groups is 3. The number of amides is 3. The molecule has 1 aromatic carbocycles. The van der Waals surface area contributed by atoms with Gasteiger partial charge in [-0.2, -0.15) is 0 Å². The number of urea groups is 1. The van der Waals surface area contributed by atoms with Gasteiger partial charge in [0.25, 0.3) is 5.91 Å². The second-order valence-electron chi connectivity index (χ2n) is 5.95. The Labute approximate surface area is 141 Å². The summed E-state index contributed by atoms with van der Waals surface area (Å²) in [4.78, 5) is 38.7. The molecule has 0 saturated carbocycles. The Morgan fingerprint density at radius 2 is 1.79 bits per heavy atom. The molecule has 0 bridgehead atoms. The van der Waals surface area contributed by atoms with E-state index in [1.807, 2.05) is 30.3 Å². The maximum atomic E-state index is 12.2. The van der Waals surface area contributed by atoms with Gasteiger partial charge < -0.3 is 19.9 Å². The van der Waals surface area contributed by atoms with E-state index in [2.05, 4.69) is 5.32 Å². The molecule has 0 unspecified atom stereocenters. The standard InChI is InChI=1S/C17H23N3O4/c1-19(2)15(21)12-24-16(22)13-8-10-20(11-9-13)17(23)18-14-6-4-3-5-7-14/h3-7,13H,8-12H2,1-2H3,(H,18,23). The molecule has 0 aromatic heterocycles. The number of likely N-dealkylation sites (tertiary alicyclic amines) is 1. The first-order valence-electron chi connectivity index (χ1n) is 7.95. The summed E-state index contributed by atoms with van der Waals surface area (Å²) in [5.41, 5.74) is 0.742. The van der Waals surface area contributed by atoms with Crippen molar-refractivity contribution in [2.45, 2.75) is 12.8 Å². The highest BCUT2D eigenvalue weighted by atomic mass is 16.5. The normalized spacial score (nSPS) is 14.8. The molecule has 1 saturated heterocycles. The Hall–Kier alpha value is -2.57. The van der Waals surface area contributed by atoms with E-state index in [1.165, 1.54) is 4.90 Å². The smallest absolute Gasteiger partial charge is 0.321 e. The van der Waals surface area contributed by atoms with E-state index < -0.39 is 0 Å². The van der Waals surface area contributed by atoms with Crippen LogP contribution in [0.3, 0.4) is 0 Å². The Bertz CT molecular complexity index is 581. The van der Waals surface area contributed by atoms with Crippen LogP contribution in [0, 0.1) is 5.92 Å². The van der Waals surface area contributed by atoms with Crippen LogP contribution >= 0.6 is 0 Å². The van der Waals surface area contributed by atoms with Crippen molar-refractivity contribution < 1.29 is 19.1 Å². The van der Waals surface area contributed by atoms with Gasteiger partial charge in [0.1, 0.15) is 0 Å². The number of nitrogens with one attached hydrogen (secondary N) is 1. The number of carbonyl (C=O) groups excluding carboxylic acids is 3. The Balaban J connectivity index is 1.75. The quantitative estimate of drug-likeness (QED) is 0.848. The highest BCUT2D eigenvalue weighted by Gasteiger charge is 2.28. The number of likely N-dealkylation sites (N-methyl/N-ethyl adjacent to an activating group) is 1. The second-order valence-corrected chi connectivity index (χ2v) is 5.95. The Kier molecular flexibility index (Phi) is 6.17. The van der Waals surface area contributed by atoms with E-state index >= 15 is 0 Å². The molecule has 1 aliphatic heterocycles. The van der Waals surface area contributed by atoms with Crippen molar-refractivity contribution in [3.8, 4) is 0 Å². The molecule has 1 aromatic rings. The number of piperidine rings is 1. The molecule has 130 valence electrons. The van der Waals surface area contributed by atoms with Gasteiger partial charge in [0, 0.05) is 32.9 Å². The van der Waals surface area contributed by atoms with Crippen LogP contribution in [0.15, 0.2) is 30.3 Å². The summed E-state index contributed by atoms with van der Waals surface area (Å²) in [7, 11) is 3.22. The summed E-state index contributed by atoms with van der Waals surface area (Å²) in [6.07, 6.45) is 1.08. The molecule has 3 amide bonds. The molecule has 1 heterocycles. The number of anilines is 1. The maximum absolute atomic E-state index is 12.2. The van der Waals surface area contributed by atoms with Crippen LogP contribution in [0.5, 0.6) is 0 Å². The lowest BCUT2D eigenvalue weighted by molar-refractivity contribution is -0.155. The Morgan fingerprint density at radius 1 is 1.17 bits per heavy atom. The van der Waals surface area contributed by atoms with Gasteiger partial charge in [-0.15, -0.1) is 0 Å². The van der Waals surface area contributed by atoms with Gasteiger partial charge in [-0.3, -0.25) is 9.59 Å². The molecule has 1 N–H and O–H groups in total. The number of esters is 1. The summed E-state index contributed by atoms with van der Waals surface area (Å²) in [5.74, 6) is -0.878. The van der Waals surface area contributed by atoms with Gasteiger partial charge in [0.15, 0.2) is 6.61 Å². The van der Waals surface area contributed by atoms with Gasteiger partial charge >= 0.3 is 12.0 Å². The van der Waals surface area contributed by atoms with Crippen LogP contribution in [0.4, 0.5) is 10.5 Å². The van der Waals surface area contributed by atoms with Gasteiger partial charge in [-0.25, -0.2) is 4.79 Å².